The van der Waals surface area contributed by atoms with E-state index in [1.54, 1.807) is 12.1 Å². The fraction of sp³-hybridized carbons (Fsp3) is 0.214. The number of nitrogens with one attached hydrogen (secondary N) is 1. The molecule has 3 nitrogen and oxygen atoms in total. The van der Waals surface area contributed by atoms with Crippen LogP contribution in [0.15, 0.2) is 45.3 Å². The van der Waals surface area contributed by atoms with E-state index in [2.05, 4.69) is 21.2 Å². The lowest BCUT2D eigenvalue weighted by Crippen LogP contribution is -2.26. The average molecular weight is 308 g/mol. The van der Waals surface area contributed by atoms with Crippen LogP contribution in [0.25, 0.3) is 0 Å². The number of amides is 1. The molecule has 0 fully saturated rings. The molecule has 0 saturated heterocycles. The van der Waals surface area contributed by atoms with Crippen molar-refractivity contribution < 1.29 is 9.21 Å². The molecule has 0 saturated carbocycles. The van der Waals surface area contributed by atoms with Gasteiger partial charge in [-0.1, -0.05) is 15.9 Å². The summed E-state index contributed by atoms with van der Waals surface area (Å²) < 4.78 is 6.43. The molecule has 1 N–H and O–H groups in total. The lowest BCUT2D eigenvalue weighted by Gasteiger charge is -2.11. The van der Waals surface area contributed by atoms with E-state index in [0.717, 1.165) is 16.0 Å². The molecular weight excluding hydrogens is 294 g/mol. The Morgan fingerprint density at radius 1 is 1.22 bits per heavy atom. The van der Waals surface area contributed by atoms with Gasteiger partial charge in [-0.15, -0.1) is 0 Å². The molecule has 1 aromatic heterocycles. The van der Waals surface area contributed by atoms with Gasteiger partial charge in [-0.25, -0.2) is 0 Å². The second kappa shape index (κ2) is 5.40. The summed E-state index contributed by atoms with van der Waals surface area (Å²) in [7, 11) is 0. The average Bonchev–Trinajstić information content (AvgIpc) is 2.76. The van der Waals surface area contributed by atoms with Crippen molar-refractivity contribution in [1.82, 2.24) is 5.32 Å². The van der Waals surface area contributed by atoms with Crippen LogP contribution in [0.5, 0.6) is 0 Å². The molecule has 1 atom stereocenters. The molecule has 1 aromatic carbocycles. The summed E-state index contributed by atoms with van der Waals surface area (Å²) in [6.45, 7) is 3.78. The van der Waals surface area contributed by atoms with Gasteiger partial charge < -0.3 is 9.73 Å². The maximum Gasteiger partial charge on any atom is 0.251 e. The first-order chi connectivity index (χ1) is 8.56. The van der Waals surface area contributed by atoms with Gasteiger partial charge in [0.2, 0.25) is 0 Å². The zero-order valence-electron chi connectivity index (χ0n) is 10.2. The fourth-order valence-corrected chi connectivity index (χ4v) is 1.90. The Morgan fingerprint density at radius 3 is 2.44 bits per heavy atom. The number of carbonyl (C=O) groups excluding carboxylic acids is 1. The van der Waals surface area contributed by atoms with E-state index >= 15 is 0 Å². The molecule has 0 spiro atoms. The van der Waals surface area contributed by atoms with Gasteiger partial charge in [0.05, 0.1) is 6.04 Å². The molecule has 0 aliphatic heterocycles. The first kappa shape index (κ1) is 12.9. The topological polar surface area (TPSA) is 42.2 Å². The zero-order valence-corrected chi connectivity index (χ0v) is 11.8. The van der Waals surface area contributed by atoms with E-state index in [4.69, 9.17) is 4.42 Å². The van der Waals surface area contributed by atoms with Crippen LogP contribution >= 0.6 is 15.9 Å². The highest BCUT2D eigenvalue weighted by molar-refractivity contribution is 9.10. The number of benzene rings is 1. The molecule has 18 heavy (non-hydrogen) atoms. The molecular formula is C14H14BrNO2. The lowest BCUT2D eigenvalue weighted by molar-refractivity contribution is 0.0935. The highest BCUT2D eigenvalue weighted by Gasteiger charge is 2.13. The number of rotatable bonds is 3. The van der Waals surface area contributed by atoms with Gasteiger partial charge in [0.25, 0.3) is 5.91 Å². The summed E-state index contributed by atoms with van der Waals surface area (Å²) in [6, 6.07) is 10.9. The molecule has 0 aliphatic rings. The van der Waals surface area contributed by atoms with Crippen LogP contribution in [0.3, 0.4) is 0 Å². The Balaban J connectivity index is 2.05. The van der Waals surface area contributed by atoms with Crippen molar-refractivity contribution in [3.05, 3.63) is 58.0 Å². The van der Waals surface area contributed by atoms with Gasteiger partial charge in [-0.05, 0) is 50.2 Å². The minimum absolute atomic E-state index is 0.107. The third-order valence-electron chi connectivity index (χ3n) is 2.64. The van der Waals surface area contributed by atoms with Crippen LogP contribution in [0.2, 0.25) is 0 Å². The molecule has 2 rings (SSSR count). The Kier molecular flexibility index (Phi) is 3.87. The molecule has 94 valence electrons. The molecule has 2 aromatic rings. The Morgan fingerprint density at radius 2 is 1.89 bits per heavy atom. The monoisotopic (exact) mass is 307 g/mol. The molecule has 1 heterocycles. The van der Waals surface area contributed by atoms with E-state index in [1.807, 2.05) is 38.1 Å². The van der Waals surface area contributed by atoms with Crippen molar-refractivity contribution in [2.45, 2.75) is 19.9 Å². The van der Waals surface area contributed by atoms with Crippen molar-refractivity contribution in [3.8, 4) is 0 Å². The summed E-state index contributed by atoms with van der Waals surface area (Å²) in [5, 5.41) is 2.90. The molecule has 0 bridgehead atoms. The van der Waals surface area contributed by atoms with Crippen LogP contribution in [0, 0.1) is 6.92 Å². The van der Waals surface area contributed by atoms with E-state index < -0.39 is 0 Å². The second-order valence-electron chi connectivity index (χ2n) is 4.15. The van der Waals surface area contributed by atoms with Crippen molar-refractivity contribution >= 4 is 21.8 Å². The standard InChI is InChI=1S/C14H14BrNO2/c1-9-3-8-13(18-9)10(2)16-14(17)11-4-6-12(15)7-5-11/h3-8,10H,1-2H3,(H,16,17). The number of hydrogen-bond donors (Lipinski definition) is 1. The number of furan rings is 1. The smallest absolute Gasteiger partial charge is 0.251 e. The Labute approximate surface area is 114 Å². The first-order valence-corrected chi connectivity index (χ1v) is 6.48. The third-order valence-corrected chi connectivity index (χ3v) is 3.17. The first-order valence-electron chi connectivity index (χ1n) is 5.69. The summed E-state index contributed by atoms with van der Waals surface area (Å²) in [4.78, 5) is 12.0. The summed E-state index contributed by atoms with van der Waals surface area (Å²) in [5.74, 6) is 1.50. The van der Waals surface area contributed by atoms with Gasteiger partial charge in [0.1, 0.15) is 11.5 Å². The van der Waals surface area contributed by atoms with Crippen LogP contribution < -0.4 is 5.32 Å². The van der Waals surface area contributed by atoms with Gasteiger partial charge in [0.15, 0.2) is 0 Å². The lowest BCUT2D eigenvalue weighted by atomic mass is 10.2. The Bertz CT molecular complexity index is 545. The fourth-order valence-electron chi connectivity index (χ4n) is 1.64. The zero-order chi connectivity index (χ0) is 13.1. The molecule has 4 heteroatoms. The van der Waals surface area contributed by atoms with Crippen molar-refractivity contribution in [1.29, 1.82) is 0 Å². The molecule has 0 aliphatic carbocycles. The van der Waals surface area contributed by atoms with Gasteiger partial charge in [-0.3, -0.25) is 4.79 Å². The van der Waals surface area contributed by atoms with E-state index in [9.17, 15) is 4.79 Å². The number of halogens is 1. The van der Waals surface area contributed by atoms with E-state index in [0.29, 0.717) is 5.56 Å². The highest BCUT2D eigenvalue weighted by atomic mass is 79.9. The quantitative estimate of drug-likeness (QED) is 0.936. The number of aryl methyl sites for hydroxylation is 1. The van der Waals surface area contributed by atoms with Crippen molar-refractivity contribution in [2.75, 3.05) is 0 Å². The minimum atomic E-state index is -0.144. The minimum Gasteiger partial charge on any atom is -0.464 e. The summed E-state index contributed by atoms with van der Waals surface area (Å²) in [5.41, 5.74) is 0.633. The molecule has 0 radical (unpaired) electrons. The van der Waals surface area contributed by atoms with Crippen molar-refractivity contribution in [2.24, 2.45) is 0 Å². The largest absolute Gasteiger partial charge is 0.464 e. The van der Waals surface area contributed by atoms with Gasteiger partial charge >= 0.3 is 0 Å². The number of carbonyl (C=O) groups is 1. The van der Waals surface area contributed by atoms with Crippen LogP contribution in [-0.2, 0) is 0 Å². The van der Waals surface area contributed by atoms with E-state index in [-0.39, 0.29) is 11.9 Å². The SMILES string of the molecule is Cc1ccc(C(C)NC(=O)c2ccc(Br)cc2)o1. The maximum absolute atomic E-state index is 12.0. The van der Waals surface area contributed by atoms with Crippen LogP contribution in [-0.4, -0.2) is 5.91 Å². The maximum atomic E-state index is 12.0. The highest BCUT2D eigenvalue weighted by Crippen LogP contribution is 2.17. The number of hydrogen-bond acceptors (Lipinski definition) is 2. The van der Waals surface area contributed by atoms with Gasteiger partial charge in [0, 0.05) is 10.0 Å². The van der Waals surface area contributed by atoms with Crippen molar-refractivity contribution in [3.63, 3.8) is 0 Å². The predicted molar refractivity (Wildman–Crippen MR) is 73.5 cm³/mol. The normalized spacial score (nSPS) is 12.2. The third kappa shape index (κ3) is 3.01. The summed E-state index contributed by atoms with van der Waals surface area (Å²) in [6.07, 6.45) is 0. The molecule has 1 unspecified atom stereocenters. The Hall–Kier alpha value is -1.55. The van der Waals surface area contributed by atoms with Crippen LogP contribution in [0.1, 0.15) is 34.8 Å². The van der Waals surface area contributed by atoms with Gasteiger partial charge in [-0.2, -0.15) is 0 Å². The molecule has 1 amide bonds. The second-order valence-corrected chi connectivity index (χ2v) is 5.07. The summed E-state index contributed by atoms with van der Waals surface area (Å²) >= 11 is 3.34. The predicted octanol–water partition coefficient (Wildman–Crippen LogP) is 3.84. The van der Waals surface area contributed by atoms with Crippen LogP contribution in [0.4, 0.5) is 0 Å². The van der Waals surface area contributed by atoms with E-state index in [1.165, 1.54) is 0 Å².